The molecule has 0 saturated heterocycles. The minimum absolute atomic E-state index is 0.376. The van der Waals surface area contributed by atoms with Gasteiger partial charge in [-0.15, -0.1) is 0 Å². The molecule has 2 aliphatic rings. The number of pyridine rings is 1. The average Bonchev–Trinajstić information content (AvgIpc) is 3.34. The van der Waals surface area contributed by atoms with Crippen LogP contribution in [0.1, 0.15) is 50.1 Å². The molecule has 0 N–H and O–H groups in total. The van der Waals surface area contributed by atoms with Gasteiger partial charge in [0.2, 0.25) is 5.69 Å². The number of halogens is 3. The Hall–Kier alpha value is -3.40. The number of hydrogen-bond donors (Lipinski definition) is 0. The summed E-state index contributed by atoms with van der Waals surface area (Å²) in [7, 11) is 1.99. The van der Waals surface area contributed by atoms with Crippen molar-refractivity contribution in [3.63, 3.8) is 0 Å². The Balaban J connectivity index is 1.67. The second-order valence-electron chi connectivity index (χ2n) is 10.2. The highest BCUT2D eigenvalue weighted by atomic mass is 19.4. The zero-order valence-electron chi connectivity index (χ0n) is 20.6. The highest BCUT2D eigenvalue weighted by Gasteiger charge is 2.42. The van der Waals surface area contributed by atoms with Crippen molar-refractivity contribution in [2.24, 2.45) is 7.05 Å². The maximum Gasteiger partial charge on any atom is 0.417 e. The molecule has 1 aromatic heterocycles. The van der Waals surface area contributed by atoms with E-state index in [9.17, 15) is 13.2 Å². The first-order valence-corrected chi connectivity index (χ1v) is 12.0. The largest absolute Gasteiger partial charge is 0.417 e. The van der Waals surface area contributed by atoms with Gasteiger partial charge >= 0.3 is 6.18 Å². The number of nitrogens with zero attached hydrogens (tertiary/aromatic N) is 1. The molecule has 35 heavy (non-hydrogen) atoms. The molecule has 4 aromatic rings. The molecule has 0 fully saturated rings. The van der Waals surface area contributed by atoms with Crippen molar-refractivity contribution in [3.05, 3.63) is 98.7 Å². The summed E-state index contributed by atoms with van der Waals surface area (Å²) >= 11 is 0. The number of hydrogen-bond acceptors (Lipinski definition) is 0. The molecule has 0 radical (unpaired) electrons. The van der Waals surface area contributed by atoms with Gasteiger partial charge in [-0.1, -0.05) is 29.8 Å². The molecule has 0 unspecified atom stereocenters. The number of rotatable bonds is 1. The molecule has 1 nitrogen and oxygen atoms in total. The van der Waals surface area contributed by atoms with Crippen LogP contribution < -0.4 is 4.57 Å². The summed E-state index contributed by atoms with van der Waals surface area (Å²) in [4.78, 5) is 0. The molecule has 0 saturated carbocycles. The third kappa shape index (κ3) is 3.12. The van der Waals surface area contributed by atoms with E-state index in [1.807, 2.05) is 44.4 Å². The smallest absolute Gasteiger partial charge is 0.201 e. The van der Waals surface area contributed by atoms with Crippen molar-refractivity contribution in [1.29, 1.82) is 0 Å². The van der Waals surface area contributed by atoms with E-state index in [4.69, 9.17) is 0 Å². The minimum atomic E-state index is -4.43. The van der Waals surface area contributed by atoms with Crippen molar-refractivity contribution < 1.29 is 17.7 Å². The maximum atomic E-state index is 14.5. The molecule has 1 heterocycles. The van der Waals surface area contributed by atoms with E-state index in [-0.39, 0.29) is 0 Å². The van der Waals surface area contributed by atoms with Crippen LogP contribution in [0.4, 0.5) is 13.2 Å². The minimum Gasteiger partial charge on any atom is -0.201 e. The van der Waals surface area contributed by atoms with Gasteiger partial charge in [0.1, 0.15) is 7.05 Å². The molecule has 6 rings (SSSR count). The summed E-state index contributed by atoms with van der Waals surface area (Å²) in [5.41, 5.74) is 13.0. The summed E-state index contributed by atoms with van der Waals surface area (Å²) < 4.78 is 45.7. The van der Waals surface area contributed by atoms with Crippen molar-refractivity contribution >= 4 is 0 Å². The molecule has 2 aliphatic carbocycles. The molecular weight excluding hydrogens is 443 g/mol. The first-order valence-electron chi connectivity index (χ1n) is 12.0. The fourth-order valence-electron chi connectivity index (χ4n) is 6.31. The van der Waals surface area contributed by atoms with E-state index < -0.39 is 11.7 Å². The highest BCUT2D eigenvalue weighted by Crippen LogP contribution is 2.53. The predicted molar refractivity (Wildman–Crippen MR) is 133 cm³/mol. The Bertz CT molecular complexity index is 1570. The van der Waals surface area contributed by atoms with Gasteiger partial charge in [-0.25, -0.2) is 4.57 Å². The fourth-order valence-corrected chi connectivity index (χ4v) is 6.31. The number of aryl methyl sites for hydroxylation is 4. The molecule has 0 atom stereocenters. The highest BCUT2D eigenvalue weighted by molar-refractivity contribution is 5.92. The van der Waals surface area contributed by atoms with Gasteiger partial charge in [0.05, 0.1) is 5.56 Å². The van der Waals surface area contributed by atoms with Crippen LogP contribution in [0, 0.1) is 27.7 Å². The van der Waals surface area contributed by atoms with Crippen LogP contribution in [0.2, 0.25) is 0 Å². The summed E-state index contributed by atoms with van der Waals surface area (Å²) in [6, 6.07) is 13.6. The lowest BCUT2D eigenvalue weighted by Crippen LogP contribution is -2.32. The van der Waals surface area contributed by atoms with Gasteiger partial charge in [-0.3, -0.25) is 0 Å². The summed E-state index contributed by atoms with van der Waals surface area (Å²) in [5.74, 6) is 0. The van der Waals surface area contributed by atoms with Gasteiger partial charge in [-0.05, 0) is 102 Å². The van der Waals surface area contributed by atoms with Gasteiger partial charge in [-0.2, -0.15) is 13.2 Å². The maximum absolute atomic E-state index is 14.5. The van der Waals surface area contributed by atoms with E-state index in [2.05, 4.69) is 37.5 Å². The Labute approximate surface area is 203 Å². The van der Waals surface area contributed by atoms with Crippen LogP contribution in [-0.4, -0.2) is 0 Å². The van der Waals surface area contributed by atoms with Crippen LogP contribution in [0.3, 0.4) is 0 Å². The number of aromatic nitrogens is 1. The Kier molecular flexibility index (Phi) is 4.61. The molecule has 176 valence electrons. The fraction of sp³-hybridized carbons (Fsp3) is 0.258. The van der Waals surface area contributed by atoms with Gasteiger partial charge in [0.25, 0.3) is 0 Å². The lowest BCUT2D eigenvalue weighted by atomic mass is 9.90. The molecule has 4 heteroatoms. The van der Waals surface area contributed by atoms with Crippen LogP contribution >= 0.6 is 0 Å². The van der Waals surface area contributed by atoms with E-state index in [0.29, 0.717) is 18.4 Å². The van der Waals surface area contributed by atoms with E-state index in [0.717, 1.165) is 61.3 Å². The monoisotopic (exact) mass is 470 g/mol. The second kappa shape index (κ2) is 7.30. The van der Waals surface area contributed by atoms with Crippen molar-refractivity contribution in [1.82, 2.24) is 0 Å². The number of fused-ring (bicyclic) bond motifs is 7. The lowest BCUT2D eigenvalue weighted by molar-refractivity contribution is -0.660. The Morgan fingerprint density at radius 2 is 1.51 bits per heavy atom. The van der Waals surface area contributed by atoms with E-state index in [1.54, 1.807) is 0 Å². The predicted octanol–water partition coefficient (Wildman–Crippen LogP) is 7.57. The third-order valence-electron chi connectivity index (χ3n) is 7.97. The SMILES string of the molecule is Cc1cc(C)c(C)c(-c2c3c(cc[n+]2C)-c2c(C(F)(F)F)cc4c(c2C3)Cc2cccc(C)c2-4)c1. The Morgan fingerprint density at radius 1 is 0.743 bits per heavy atom. The second-order valence-corrected chi connectivity index (χ2v) is 10.2. The average molecular weight is 471 g/mol. The quantitative estimate of drug-likeness (QED) is 0.218. The standard InChI is InChI=1S/C31H27F3N/c1-16-11-18(3)19(4)22(12-16)30-26-14-24-23-13-20-8-6-7-17(2)28(20)25(23)15-27(31(32,33)34)29(24)21(26)9-10-35(30)5/h6-12,15H,13-14H2,1-5H3/q+1. The number of benzene rings is 3. The summed E-state index contributed by atoms with van der Waals surface area (Å²) in [6.07, 6.45) is -1.32. The van der Waals surface area contributed by atoms with Crippen LogP contribution in [0.5, 0.6) is 0 Å². The molecule has 0 aliphatic heterocycles. The van der Waals surface area contributed by atoms with Crippen molar-refractivity contribution in [2.45, 2.75) is 46.7 Å². The zero-order chi connectivity index (χ0) is 24.8. The van der Waals surface area contributed by atoms with Gasteiger partial charge < -0.3 is 0 Å². The van der Waals surface area contributed by atoms with Crippen LogP contribution in [0.25, 0.3) is 33.5 Å². The van der Waals surface area contributed by atoms with Crippen LogP contribution in [0.15, 0.2) is 48.7 Å². The third-order valence-corrected chi connectivity index (χ3v) is 7.97. The molecule has 0 spiro atoms. The van der Waals surface area contributed by atoms with Gasteiger partial charge in [0.15, 0.2) is 6.20 Å². The van der Waals surface area contributed by atoms with E-state index >= 15 is 0 Å². The Morgan fingerprint density at radius 3 is 2.26 bits per heavy atom. The number of alkyl halides is 3. The molecule has 3 aromatic carbocycles. The van der Waals surface area contributed by atoms with E-state index in [1.165, 1.54) is 17.2 Å². The first kappa shape index (κ1) is 22.1. The van der Waals surface area contributed by atoms with Gasteiger partial charge in [0, 0.05) is 23.6 Å². The normalized spacial score (nSPS) is 13.5. The van der Waals surface area contributed by atoms with Crippen LogP contribution in [-0.2, 0) is 26.1 Å². The summed E-state index contributed by atoms with van der Waals surface area (Å²) in [6.45, 7) is 8.26. The van der Waals surface area contributed by atoms with Crippen molar-refractivity contribution in [3.8, 4) is 33.5 Å². The zero-order valence-corrected chi connectivity index (χ0v) is 20.6. The lowest BCUT2D eigenvalue weighted by Gasteiger charge is -2.17. The molecule has 0 bridgehead atoms. The van der Waals surface area contributed by atoms with Crippen molar-refractivity contribution in [2.75, 3.05) is 0 Å². The molecular formula is C31H27F3N+. The topological polar surface area (TPSA) is 3.88 Å². The molecule has 0 amide bonds. The first-order chi connectivity index (χ1) is 16.6. The summed E-state index contributed by atoms with van der Waals surface area (Å²) in [5, 5.41) is 0.